The summed E-state index contributed by atoms with van der Waals surface area (Å²) in [7, 11) is 0. The quantitative estimate of drug-likeness (QED) is 0.375. The number of fused-ring (bicyclic) bond motifs is 7. The third kappa shape index (κ3) is 4.30. The minimum atomic E-state index is -1.38. The molecular formula is C32H40FNO7. The van der Waals surface area contributed by atoms with Crippen molar-refractivity contribution in [3.63, 3.8) is 0 Å². The molecule has 0 spiro atoms. The van der Waals surface area contributed by atoms with E-state index < -0.39 is 53.0 Å². The summed E-state index contributed by atoms with van der Waals surface area (Å²) in [6.07, 6.45) is 3.90. The number of allylic oxidation sites excluding steroid dienone is 4. The molecule has 9 heteroatoms. The molecule has 1 aromatic carbocycles. The number of aliphatic hydroxyl groups excluding tert-OH is 2. The number of ketones is 1. The molecule has 6 rings (SSSR count). The van der Waals surface area contributed by atoms with Crippen LogP contribution in [0.5, 0.6) is 5.75 Å². The number of hydrogen-bond acceptors (Lipinski definition) is 8. The first-order chi connectivity index (χ1) is 19.4. The lowest BCUT2D eigenvalue weighted by Crippen LogP contribution is -2.64. The summed E-state index contributed by atoms with van der Waals surface area (Å²) in [6, 6.07) is 9.44. The van der Waals surface area contributed by atoms with E-state index in [9.17, 15) is 15.0 Å². The van der Waals surface area contributed by atoms with Crippen LogP contribution >= 0.6 is 0 Å². The molecule has 1 heterocycles. The summed E-state index contributed by atoms with van der Waals surface area (Å²) in [5.74, 6) is -1.28. The molecule has 0 unspecified atom stereocenters. The van der Waals surface area contributed by atoms with Crippen LogP contribution in [0, 0.1) is 28.6 Å². The van der Waals surface area contributed by atoms with Crippen molar-refractivity contribution >= 4 is 11.5 Å². The average molecular weight is 570 g/mol. The molecule has 4 aliphatic carbocycles. The first-order valence-electron chi connectivity index (χ1n) is 14.6. The van der Waals surface area contributed by atoms with Crippen LogP contribution in [-0.4, -0.2) is 71.3 Å². The number of oxime groups is 1. The maximum Gasteiger partial charge on any atom is 0.193 e. The summed E-state index contributed by atoms with van der Waals surface area (Å²) in [6.45, 7) is 7.36. The van der Waals surface area contributed by atoms with Crippen LogP contribution in [0.4, 0.5) is 4.39 Å². The van der Waals surface area contributed by atoms with Crippen LogP contribution in [0.3, 0.4) is 0 Å². The van der Waals surface area contributed by atoms with Gasteiger partial charge in [-0.3, -0.25) is 4.79 Å². The molecule has 3 saturated carbocycles. The van der Waals surface area contributed by atoms with E-state index in [-0.39, 0.29) is 30.8 Å². The molecule has 1 saturated heterocycles. The number of carbonyl (C=O) groups is 1. The van der Waals surface area contributed by atoms with Gasteiger partial charge in [-0.2, -0.15) is 0 Å². The Hall–Kier alpha value is -2.59. The first kappa shape index (κ1) is 28.5. The fourth-order valence-electron chi connectivity index (χ4n) is 8.95. The Labute approximate surface area is 240 Å². The number of benzene rings is 1. The molecule has 1 aromatic rings. The van der Waals surface area contributed by atoms with Crippen molar-refractivity contribution in [3.8, 4) is 5.75 Å². The van der Waals surface area contributed by atoms with Crippen LogP contribution in [-0.2, 0) is 19.1 Å². The van der Waals surface area contributed by atoms with E-state index in [2.05, 4.69) is 5.16 Å². The number of alkyl halides is 1. The summed E-state index contributed by atoms with van der Waals surface area (Å²) in [5, 5.41) is 25.9. The Morgan fingerprint density at radius 2 is 1.90 bits per heavy atom. The van der Waals surface area contributed by atoms with Gasteiger partial charge in [-0.1, -0.05) is 43.3 Å². The Kier molecular flexibility index (Phi) is 6.96. The SMILES string of the molecule is CC1(C)O[C@@H]2C[C@H]3[C@@H]4C[C@H](F)C5=C/C(=N/OCCOc6ccccc6)C=C[C@]5(C)[C@H]4[C@@H](O)C[C@]3(C)[C@]2(C(=O)CO)O1. The Morgan fingerprint density at radius 3 is 2.63 bits per heavy atom. The molecular weight excluding hydrogens is 529 g/mol. The summed E-state index contributed by atoms with van der Waals surface area (Å²) in [4.78, 5) is 18.8. The van der Waals surface area contributed by atoms with Crippen molar-refractivity contribution < 1.29 is 38.4 Å². The predicted octanol–water partition coefficient (Wildman–Crippen LogP) is 4.16. The average Bonchev–Trinajstić information content (AvgIpc) is 3.34. The van der Waals surface area contributed by atoms with Crippen molar-refractivity contribution in [2.45, 2.75) is 76.7 Å². The molecule has 1 aliphatic heterocycles. The van der Waals surface area contributed by atoms with E-state index in [1.807, 2.05) is 56.3 Å². The lowest BCUT2D eigenvalue weighted by molar-refractivity contribution is -0.226. The molecule has 0 aromatic heterocycles. The summed E-state index contributed by atoms with van der Waals surface area (Å²) >= 11 is 0. The zero-order valence-electron chi connectivity index (χ0n) is 24.1. The Morgan fingerprint density at radius 1 is 1.15 bits per heavy atom. The molecule has 0 bridgehead atoms. The number of carbonyl (C=O) groups excluding carboxylic acids is 1. The predicted molar refractivity (Wildman–Crippen MR) is 149 cm³/mol. The van der Waals surface area contributed by atoms with Crippen LogP contribution in [0.2, 0.25) is 0 Å². The van der Waals surface area contributed by atoms with Gasteiger partial charge < -0.3 is 29.3 Å². The second-order valence-corrected chi connectivity index (χ2v) is 13.1. The fraction of sp³-hybridized carbons (Fsp3) is 0.625. The Bertz CT molecular complexity index is 1280. The zero-order chi connectivity index (χ0) is 29.2. The van der Waals surface area contributed by atoms with E-state index >= 15 is 4.39 Å². The Balaban J connectivity index is 1.22. The topological polar surface area (TPSA) is 107 Å². The largest absolute Gasteiger partial charge is 0.490 e. The minimum absolute atomic E-state index is 0.125. The van der Waals surface area contributed by atoms with Gasteiger partial charge in [0.05, 0.1) is 12.2 Å². The number of nitrogens with zero attached hydrogens (tertiary/aromatic N) is 1. The van der Waals surface area contributed by atoms with Crippen molar-refractivity contribution in [2.75, 3.05) is 19.8 Å². The summed E-state index contributed by atoms with van der Waals surface area (Å²) < 4.78 is 34.3. The highest BCUT2D eigenvalue weighted by Crippen LogP contribution is 2.70. The van der Waals surface area contributed by atoms with Gasteiger partial charge in [-0.15, -0.1) is 0 Å². The van der Waals surface area contributed by atoms with E-state index in [4.69, 9.17) is 19.0 Å². The third-order valence-electron chi connectivity index (χ3n) is 10.4. The van der Waals surface area contributed by atoms with Crippen LogP contribution in [0.1, 0.15) is 47.0 Å². The van der Waals surface area contributed by atoms with Gasteiger partial charge >= 0.3 is 0 Å². The van der Waals surface area contributed by atoms with E-state index in [1.165, 1.54) is 0 Å². The number of para-hydroxylation sites is 1. The highest BCUT2D eigenvalue weighted by molar-refractivity contribution is 6.05. The normalized spacial score (nSPS) is 43.0. The number of ether oxygens (including phenoxy) is 3. The molecule has 4 fully saturated rings. The van der Waals surface area contributed by atoms with E-state index in [1.54, 1.807) is 19.9 Å². The van der Waals surface area contributed by atoms with Crippen molar-refractivity contribution in [3.05, 3.63) is 54.1 Å². The molecule has 8 nitrogen and oxygen atoms in total. The molecule has 41 heavy (non-hydrogen) atoms. The molecule has 0 radical (unpaired) electrons. The number of Topliss-reactive ketones (excluding diaryl/α,β-unsaturated/α-hetero) is 1. The zero-order valence-corrected chi connectivity index (χ0v) is 24.1. The highest BCUT2D eigenvalue weighted by Gasteiger charge is 2.77. The number of rotatable bonds is 7. The lowest BCUT2D eigenvalue weighted by atomic mass is 9.46. The third-order valence-corrected chi connectivity index (χ3v) is 10.4. The van der Waals surface area contributed by atoms with Gasteiger partial charge in [-0.25, -0.2) is 4.39 Å². The van der Waals surface area contributed by atoms with E-state index in [0.717, 1.165) is 5.75 Å². The second-order valence-electron chi connectivity index (χ2n) is 13.1. The standard InChI is InChI=1S/C32H40FNO7/c1-29(2)40-27-16-22-21-15-24(33)23-14-19(34-39-13-12-38-20-8-6-5-7-9-20)10-11-30(23,3)28(21)25(36)17-31(22,4)32(27,41-29)26(37)18-35/h5-11,14,21-22,24-25,27-28,35-36H,12-13,15-18H2,1-4H3/b34-19+/t21-,22-,24-,25-,27+,28+,30-,31-,32+/m0/s1. The van der Waals surface area contributed by atoms with Crippen LogP contribution in [0.15, 0.2) is 59.3 Å². The molecule has 0 amide bonds. The number of hydrogen-bond donors (Lipinski definition) is 2. The van der Waals surface area contributed by atoms with Gasteiger partial charge in [0.25, 0.3) is 0 Å². The molecule has 2 N–H and O–H groups in total. The fourth-order valence-corrected chi connectivity index (χ4v) is 8.95. The van der Waals surface area contributed by atoms with Gasteiger partial charge in [-0.05, 0) is 74.8 Å². The van der Waals surface area contributed by atoms with Crippen LogP contribution < -0.4 is 4.74 Å². The van der Waals surface area contributed by atoms with Crippen LogP contribution in [0.25, 0.3) is 0 Å². The molecule has 9 atom stereocenters. The monoisotopic (exact) mass is 569 g/mol. The highest BCUT2D eigenvalue weighted by atomic mass is 19.1. The maximum absolute atomic E-state index is 16.1. The smallest absolute Gasteiger partial charge is 0.193 e. The molecule has 5 aliphatic rings. The summed E-state index contributed by atoms with van der Waals surface area (Å²) in [5.41, 5.74) is -1.83. The van der Waals surface area contributed by atoms with Gasteiger partial charge in [0.15, 0.2) is 23.8 Å². The minimum Gasteiger partial charge on any atom is -0.490 e. The van der Waals surface area contributed by atoms with Crippen molar-refractivity contribution in [2.24, 2.45) is 33.7 Å². The van der Waals surface area contributed by atoms with E-state index in [0.29, 0.717) is 30.7 Å². The number of aliphatic hydroxyl groups is 2. The molecule has 222 valence electrons. The van der Waals surface area contributed by atoms with Crippen molar-refractivity contribution in [1.82, 2.24) is 0 Å². The van der Waals surface area contributed by atoms with Gasteiger partial charge in [0.2, 0.25) is 0 Å². The van der Waals surface area contributed by atoms with Crippen molar-refractivity contribution in [1.29, 1.82) is 0 Å². The number of halogens is 1. The first-order valence-corrected chi connectivity index (χ1v) is 14.6. The van der Waals surface area contributed by atoms with Gasteiger partial charge in [0.1, 0.15) is 30.8 Å². The lowest BCUT2D eigenvalue weighted by Gasteiger charge is -2.60. The second kappa shape index (κ2) is 10.0. The van der Waals surface area contributed by atoms with Gasteiger partial charge in [0, 0.05) is 16.7 Å². The maximum atomic E-state index is 16.1.